The van der Waals surface area contributed by atoms with E-state index in [1.54, 1.807) is 29.8 Å². The molecule has 0 aliphatic carbocycles. The fourth-order valence-electron chi connectivity index (χ4n) is 3.88. The molecule has 1 amide bonds. The number of piperazine rings is 1. The summed E-state index contributed by atoms with van der Waals surface area (Å²) >= 11 is 0. The molecule has 0 saturated carbocycles. The molecule has 3 heterocycles. The van der Waals surface area contributed by atoms with Gasteiger partial charge in [0, 0.05) is 31.7 Å². The Morgan fingerprint density at radius 2 is 1.86 bits per heavy atom. The maximum absolute atomic E-state index is 12.2. The molecule has 1 aliphatic rings. The van der Waals surface area contributed by atoms with Crippen LogP contribution in [-0.4, -0.2) is 63.7 Å². The summed E-state index contributed by atoms with van der Waals surface area (Å²) in [5, 5.41) is 10.2. The first-order valence-corrected chi connectivity index (χ1v) is 9.49. The summed E-state index contributed by atoms with van der Waals surface area (Å²) in [6.07, 6.45) is 1.70. The molecule has 29 heavy (non-hydrogen) atoms. The van der Waals surface area contributed by atoms with Gasteiger partial charge in [-0.2, -0.15) is 0 Å². The van der Waals surface area contributed by atoms with E-state index in [1.807, 2.05) is 6.92 Å². The molecule has 152 valence electrons. The summed E-state index contributed by atoms with van der Waals surface area (Å²) in [6.45, 7) is 7.19. The van der Waals surface area contributed by atoms with Gasteiger partial charge in [-0.1, -0.05) is 6.07 Å². The number of likely N-dealkylation sites (N-methyl/N-ethyl adjacent to an activating group) is 1. The molecule has 4 rings (SSSR count). The van der Waals surface area contributed by atoms with Gasteiger partial charge in [-0.3, -0.25) is 9.36 Å². The van der Waals surface area contributed by atoms with Crippen molar-refractivity contribution in [3.05, 3.63) is 35.0 Å². The number of primary amides is 1. The van der Waals surface area contributed by atoms with E-state index in [4.69, 9.17) is 16.5 Å². The van der Waals surface area contributed by atoms with Crippen LogP contribution in [0.2, 0.25) is 0 Å². The summed E-state index contributed by atoms with van der Waals surface area (Å²) in [4.78, 5) is 25.9. The van der Waals surface area contributed by atoms with Gasteiger partial charge in [0.15, 0.2) is 5.65 Å². The lowest BCUT2D eigenvalue weighted by atomic mass is 10.1. The zero-order chi connectivity index (χ0) is 20.9. The molecule has 5 N–H and O–H groups in total. The first-order chi connectivity index (χ1) is 13.8. The van der Waals surface area contributed by atoms with Crippen LogP contribution in [0.1, 0.15) is 21.5 Å². The summed E-state index contributed by atoms with van der Waals surface area (Å²) in [6, 6.07) is 3.42. The number of nitrogens with zero attached hydrogens (tertiary/aromatic N) is 5. The van der Waals surface area contributed by atoms with E-state index in [2.05, 4.69) is 21.8 Å². The van der Waals surface area contributed by atoms with Crippen LogP contribution in [0.3, 0.4) is 0 Å². The number of anilines is 2. The minimum atomic E-state index is -0.661. The number of fused-ring (bicyclic) bond motifs is 1. The number of benzene rings is 1. The SMILES string of the molecule is Cc1ccc(O)c(C)c1-n1c(N)c(C(N)=O)c2nc(N3CCN(C)CC3)cnc21. The molecule has 3 aromatic rings. The topological polar surface area (TPSA) is 127 Å². The Labute approximate surface area is 168 Å². The number of aryl methyl sites for hydroxylation is 1. The largest absolute Gasteiger partial charge is 0.508 e. The van der Waals surface area contributed by atoms with Crippen LogP contribution in [0, 0.1) is 13.8 Å². The number of carbonyl (C=O) groups excluding carboxylic acids is 1. The lowest BCUT2D eigenvalue weighted by molar-refractivity contribution is 0.100. The maximum Gasteiger partial charge on any atom is 0.254 e. The predicted octanol–water partition coefficient (Wildman–Crippen LogP) is 1.18. The molecule has 1 aliphatic heterocycles. The van der Waals surface area contributed by atoms with Crippen molar-refractivity contribution in [3.63, 3.8) is 0 Å². The van der Waals surface area contributed by atoms with Crippen LogP contribution in [0.4, 0.5) is 11.6 Å². The molecular weight excluding hydrogens is 370 g/mol. The number of amides is 1. The number of carbonyl (C=O) groups is 1. The van der Waals surface area contributed by atoms with Gasteiger partial charge in [-0.15, -0.1) is 0 Å². The second-order valence-corrected chi connectivity index (χ2v) is 7.53. The standard InChI is InChI=1S/C20H25N7O2/c1-11-4-5-13(28)12(2)17(11)27-18(21)15(19(22)29)16-20(27)23-10-14(24-16)26-8-6-25(3)7-9-26/h4-5,10,28H,6-9,21H2,1-3H3,(H2,22,29). The van der Waals surface area contributed by atoms with Gasteiger partial charge in [0.1, 0.15) is 28.5 Å². The van der Waals surface area contributed by atoms with Crippen LogP contribution in [0.15, 0.2) is 18.3 Å². The second-order valence-electron chi connectivity index (χ2n) is 7.53. The van der Waals surface area contributed by atoms with Crippen molar-refractivity contribution in [2.24, 2.45) is 5.73 Å². The van der Waals surface area contributed by atoms with Gasteiger partial charge in [-0.05, 0) is 32.5 Å². The lowest BCUT2D eigenvalue weighted by Crippen LogP contribution is -2.44. The van der Waals surface area contributed by atoms with Gasteiger partial charge in [0.25, 0.3) is 5.91 Å². The Kier molecular flexibility index (Phi) is 4.54. The van der Waals surface area contributed by atoms with E-state index in [1.165, 1.54) is 0 Å². The molecule has 1 saturated heterocycles. The minimum absolute atomic E-state index is 0.134. The predicted molar refractivity (Wildman–Crippen MR) is 113 cm³/mol. The number of rotatable bonds is 3. The summed E-state index contributed by atoms with van der Waals surface area (Å²) in [5.74, 6) is 0.329. The highest BCUT2D eigenvalue weighted by Gasteiger charge is 2.26. The normalized spacial score (nSPS) is 15.2. The van der Waals surface area contributed by atoms with Crippen molar-refractivity contribution >= 4 is 28.7 Å². The molecule has 0 atom stereocenters. The highest BCUT2D eigenvalue weighted by Crippen LogP contribution is 2.35. The van der Waals surface area contributed by atoms with Crippen LogP contribution in [-0.2, 0) is 0 Å². The zero-order valence-corrected chi connectivity index (χ0v) is 16.8. The number of hydrogen-bond donors (Lipinski definition) is 3. The smallest absolute Gasteiger partial charge is 0.254 e. The molecule has 0 spiro atoms. The first-order valence-electron chi connectivity index (χ1n) is 9.49. The van der Waals surface area contributed by atoms with Crippen LogP contribution >= 0.6 is 0 Å². The molecule has 0 radical (unpaired) electrons. The molecular formula is C20H25N7O2. The van der Waals surface area contributed by atoms with Crippen molar-refractivity contribution in [3.8, 4) is 11.4 Å². The average molecular weight is 395 g/mol. The number of phenolic OH excluding ortho intramolecular Hbond substituents is 1. The fourth-order valence-corrected chi connectivity index (χ4v) is 3.88. The molecule has 9 heteroatoms. The van der Waals surface area contributed by atoms with Crippen molar-refractivity contribution in [2.45, 2.75) is 13.8 Å². The average Bonchev–Trinajstić information content (AvgIpc) is 2.97. The number of nitrogen functional groups attached to an aromatic ring is 1. The number of nitrogens with two attached hydrogens (primary N) is 2. The van der Waals surface area contributed by atoms with Crippen molar-refractivity contribution in [2.75, 3.05) is 43.9 Å². The monoisotopic (exact) mass is 395 g/mol. The minimum Gasteiger partial charge on any atom is -0.508 e. The van der Waals surface area contributed by atoms with Crippen LogP contribution < -0.4 is 16.4 Å². The number of hydrogen-bond acceptors (Lipinski definition) is 7. The third-order valence-electron chi connectivity index (χ3n) is 5.59. The van der Waals surface area contributed by atoms with Crippen molar-refractivity contribution in [1.82, 2.24) is 19.4 Å². The van der Waals surface area contributed by atoms with Crippen molar-refractivity contribution < 1.29 is 9.90 Å². The van der Waals surface area contributed by atoms with Gasteiger partial charge < -0.3 is 26.4 Å². The third-order valence-corrected chi connectivity index (χ3v) is 5.59. The van der Waals surface area contributed by atoms with E-state index in [0.29, 0.717) is 28.2 Å². The second kappa shape index (κ2) is 6.93. The number of aromatic hydroxyl groups is 1. The number of aromatic nitrogens is 3. The first kappa shape index (κ1) is 19.0. The van der Waals surface area contributed by atoms with E-state index in [0.717, 1.165) is 31.7 Å². The Bertz CT molecular complexity index is 1110. The van der Waals surface area contributed by atoms with Gasteiger partial charge in [-0.25, -0.2) is 9.97 Å². The van der Waals surface area contributed by atoms with Gasteiger partial charge in [0.05, 0.1) is 11.9 Å². The molecule has 0 unspecified atom stereocenters. The lowest BCUT2D eigenvalue weighted by Gasteiger charge is -2.32. The molecule has 0 bridgehead atoms. The molecule has 9 nitrogen and oxygen atoms in total. The third kappa shape index (κ3) is 3.03. The van der Waals surface area contributed by atoms with Gasteiger partial charge in [0.2, 0.25) is 0 Å². The molecule has 1 fully saturated rings. The van der Waals surface area contributed by atoms with Crippen LogP contribution in [0.5, 0.6) is 5.75 Å². The summed E-state index contributed by atoms with van der Waals surface area (Å²) < 4.78 is 1.65. The Morgan fingerprint density at radius 1 is 1.17 bits per heavy atom. The van der Waals surface area contributed by atoms with Crippen molar-refractivity contribution in [1.29, 1.82) is 0 Å². The maximum atomic E-state index is 12.2. The zero-order valence-electron chi connectivity index (χ0n) is 16.8. The molecule has 1 aromatic carbocycles. The highest BCUT2D eigenvalue weighted by atomic mass is 16.3. The number of phenols is 1. The van der Waals surface area contributed by atoms with E-state index in [-0.39, 0.29) is 17.1 Å². The van der Waals surface area contributed by atoms with Gasteiger partial charge >= 0.3 is 0 Å². The molecule has 2 aromatic heterocycles. The van der Waals surface area contributed by atoms with E-state index >= 15 is 0 Å². The Hall–Kier alpha value is -3.33. The summed E-state index contributed by atoms with van der Waals surface area (Å²) in [5.41, 5.74) is 15.1. The van der Waals surface area contributed by atoms with E-state index < -0.39 is 5.91 Å². The quantitative estimate of drug-likeness (QED) is 0.608. The Morgan fingerprint density at radius 3 is 2.52 bits per heavy atom. The highest BCUT2D eigenvalue weighted by molar-refractivity contribution is 6.09. The Balaban J connectivity index is 1.95. The van der Waals surface area contributed by atoms with Crippen LogP contribution in [0.25, 0.3) is 16.9 Å². The fraction of sp³-hybridized carbons (Fsp3) is 0.350. The summed E-state index contributed by atoms with van der Waals surface area (Å²) in [7, 11) is 2.08. The van der Waals surface area contributed by atoms with E-state index in [9.17, 15) is 9.90 Å².